The Hall–Kier alpha value is -1.52. The molecule has 1 aliphatic rings. The van der Waals surface area contributed by atoms with Crippen molar-refractivity contribution in [3.8, 4) is 0 Å². The number of nitrogens with zero attached hydrogens (tertiary/aromatic N) is 2. The molecular formula is C15H15ClN2OS. The summed E-state index contributed by atoms with van der Waals surface area (Å²) < 4.78 is 0. The van der Waals surface area contributed by atoms with E-state index in [1.807, 2.05) is 46.7 Å². The molecule has 20 heavy (non-hydrogen) atoms. The molecule has 0 N–H and O–H groups in total. The molecule has 1 aliphatic heterocycles. The summed E-state index contributed by atoms with van der Waals surface area (Å²) in [6.45, 7) is 3.12. The van der Waals surface area contributed by atoms with Gasteiger partial charge in [-0.25, -0.2) is 0 Å². The largest absolute Gasteiger partial charge is 0.367 e. The third-order valence-corrected chi connectivity index (χ3v) is 4.67. The zero-order valence-electron chi connectivity index (χ0n) is 11.0. The van der Waals surface area contributed by atoms with Crippen molar-refractivity contribution in [1.29, 1.82) is 0 Å². The SMILES string of the molecule is O=C(c1cccs1)N1CCN(c2ccccc2Cl)CC1. The molecule has 0 bridgehead atoms. The summed E-state index contributed by atoms with van der Waals surface area (Å²) in [7, 11) is 0. The van der Waals surface area contributed by atoms with Gasteiger partial charge in [-0.3, -0.25) is 4.79 Å². The van der Waals surface area contributed by atoms with Crippen molar-refractivity contribution in [3.63, 3.8) is 0 Å². The Balaban J connectivity index is 1.65. The average molecular weight is 307 g/mol. The van der Waals surface area contributed by atoms with Crippen molar-refractivity contribution in [2.45, 2.75) is 0 Å². The van der Waals surface area contributed by atoms with Gasteiger partial charge in [-0.05, 0) is 23.6 Å². The first-order valence-electron chi connectivity index (χ1n) is 6.58. The topological polar surface area (TPSA) is 23.6 Å². The second-order valence-corrected chi connectivity index (χ2v) is 6.06. The van der Waals surface area contributed by atoms with Crippen LogP contribution in [0.5, 0.6) is 0 Å². The second-order valence-electron chi connectivity index (χ2n) is 4.71. The third-order valence-electron chi connectivity index (χ3n) is 3.49. The van der Waals surface area contributed by atoms with Crippen LogP contribution in [-0.4, -0.2) is 37.0 Å². The molecule has 3 rings (SSSR count). The number of carbonyl (C=O) groups is 1. The fourth-order valence-corrected chi connectivity index (χ4v) is 3.36. The maximum absolute atomic E-state index is 12.3. The molecule has 2 heterocycles. The van der Waals surface area contributed by atoms with E-state index in [-0.39, 0.29) is 5.91 Å². The molecule has 1 aromatic heterocycles. The lowest BCUT2D eigenvalue weighted by molar-refractivity contribution is 0.0751. The van der Waals surface area contributed by atoms with Gasteiger partial charge in [0.25, 0.3) is 5.91 Å². The van der Waals surface area contributed by atoms with Crippen LogP contribution < -0.4 is 4.90 Å². The van der Waals surface area contributed by atoms with E-state index in [9.17, 15) is 4.79 Å². The van der Waals surface area contributed by atoms with Crippen LogP contribution >= 0.6 is 22.9 Å². The minimum atomic E-state index is 0.138. The molecule has 5 heteroatoms. The number of carbonyl (C=O) groups excluding carboxylic acids is 1. The summed E-state index contributed by atoms with van der Waals surface area (Å²) in [5, 5.41) is 2.71. The summed E-state index contributed by atoms with van der Waals surface area (Å²) in [6, 6.07) is 11.7. The van der Waals surface area contributed by atoms with E-state index in [0.29, 0.717) is 0 Å². The molecule has 1 aromatic carbocycles. The minimum absolute atomic E-state index is 0.138. The van der Waals surface area contributed by atoms with E-state index in [4.69, 9.17) is 11.6 Å². The Morgan fingerprint density at radius 2 is 1.80 bits per heavy atom. The van der Waals surface area contributed by atoms with Gasteiger partial charge in [0.15, 0.2) is 0 Å². The highest BCUT2D eigenvalue weighted by molar-refractivity contribution is 7.12. The molecule has 0 spiro atoms. The fourth-order valence-electron chi connectivity index (χ4n) is 2.41. The number of rotatable bonds is 2. The Morgan fingerprint density at radius 3 is 2.45 bits per heavy atom. The molecular weight excluding hydrogens is 292 g/mol. The van der Waals surface area contributed by atoms with Crippen molar-refractivity contribution in [2.75, 3.05) is 31.1 Å². The van der Waals surface area contributed by atoms with Gasteiger partial charge in [-0.1, -0.05) is 29.8 Å². The zero-order chi connectivity index (χ0) is 13.9. The lowest BCUT2D eigenvalue weighted by atomic mass is 10.2. The maximum Gasteiger partial charge on any atom is 0.264 e. The van der Waals surface area contributed by atoms with Gasteiger partial charge in [-0.15, -0.1) is 11.3 Å². The molecule has 2 aromatic rings. The number of hydrogen-bond acceptors (Lipinski definition) is 3. The van der Waals surface area contributed by atoms with Gasteiger partial charge in [0.1, 0.15) is 0 Å². The lowest BCUT2D eigenvalue weighted by Crippen LogP contribution is -2.48. The van der Waals surface area contributed by atoms with Crippen LogP contribution in [0.4, 0.5) is 5.69 Å². The number of halogens is 1. The molecule has 104 valence electrons. The summed E-state index contributed by atoms with van der Waals surface area (Å²) >= 11 is 7.72. The average Bonchev–Trinajstić information content (AvgIpc) is 3.01. The standard InChI is InChI=1S/C15H15ClN2OS/c16-12-4-1-2-5-13(12)17-7-9-18(10-8-17)15(19)14-6-3-11-20-14/h1-6,11H,7-10H2. The summed E-state index contributed by atoms with van der Waals surface area (Å²) in [6.07, 6.45) is 0. The fraction of sp³-hybridized carbons (Fsp3) is 0.267. The van der Waals surface area contributed by atoms with Crippen LogP contribution in [0, 0.1) is 0 Å². The molecule has 0 atom stereocenters. The van der Waals surface area contributed by atoms with Gasteiger partial charge < -0.3 is 9.80 Å². The molecule has 1 fully saturated rings. The number of para-hydroxylation sites is 1. The first kappa shape index (κ1) is 13.5. The molecule has 0 aliphatic carbocycles. The Bertz CT molecular complexity index is 592. The van der Waals surface area contributed by atoms with E-state index in [0.717, 1.165) is 41.8 Å². The quantitative estimate of drug-likeness (QED) is 0.849. The van der Waals surface area contributed by atoms with E-state index in [1.165, 1.54) is 11.3 Å². The van der Waals surface area contributed by atoms with Crippen LogP contribution in [0.2, 0.25) is 5.02 Å². The van der Waals surface area contributed by atoms with Gasteiger partial charge in [0.05, 0.1) is 15.6 Å². The lowest BCUT2D eigenvalue weighted by Gasteiger charge is -2.36. The maximum atomic E-state index is 12.3. The van der Waals surface area contributed by atoms with E-state index in [2.05, 4.69) is 4.90 Å². The van der Waals surface area contributed by atoms with Crippen molar-refractivity contribution >= 4 is 34.5 Å². The van der Waals surface area contributed by atoms with Crippen molar-refractivity contribution in [3.05, 3.63) is 51.7 Å². The van der Waals surface area contributed by atoms with Gasteiger partial charge in [-0.2, -0.15) is 0 Å². The highest BCUT2D eigenvalue weighted by Crippen LogP contribution is 2.26. The van der Waals surface area contributed by atoms with Crippen molar-refractivity contribution in [1.82, 2.24) is 4.90 Å². The first-order chi connectivity index (χ1) is 9.75. The van der Waals surface area contributed by atoms with Gasteiger partial charge >= 0.3 is 0 Å². The summed E-state index contributed by atoms with van der Waals surface area (Å²) in [5.74, 6) is 0.138. The van der Waals surface area contributed by atoms with Crippen LogP contribution in [-0.2, 0) is 0 Å². The van der Waals surface area contributed by atoms with Crippen LogP contribution in [0.3, 0.4) is 0 Å². The van der Waals surface area contributed by atoms with Crippen molar-refractivity contribution < 1.29 is 4.79 Å². The second kappa shape index (κ2) is 5.85. The molecule has 1 saturated heterocycles. The van der Waals surface area contributed by atoms with E-state index < -0.39 is 0 Å². The summed E-state index contributed by atoms with van der Waals surface area (Å²) in [5.41, 5.74) is 1.05. The van der Waals surface area contributed by atoms with Crippen LogP contribution in [0.1, 0.15) is 9.67 Å². The van der Waals surface area contributed by atoms with Gasteiger partial charge in [0, 0.05) is 26.2 Å². The number of piperazine rings is 1. The normalized spacial score (nSPS) is 15.4. The zero-order valence-corrected chi connectivity index (χ0v) is 12.5. The Morgan fingerprint density at radius 1 is 1.05 bits per heavy atom. The number of amides is 1. The highest BCUT2D eigenvalue weighted by Gasteiger charge is 2.23. The Kier molecular flexibility index (Phi) is 3.94. The van der Waals surface area contributed by atoms with Crippen LogP contribution in [0.15, 0.2) is 41.8 Å². The monoisotopic (exact) mass is 306 g/mol. The summed E-state index contributed by atoms with van der Waals surface area (Å²) in [4.78, 5) is 17.2. The van der Waals surface area contributed by atoms with Crippen LogP contribution in [0.25, 0.3) is 0 Å². The number of benzene rings is 1. The number of anilines is 1. The third kappa shape index (κ3) is 2.67. The van der Waals surface area contributed by atoms with E-state index >= 15 is 0 Å². The molecule has 3 nitrogen and oxygen atoms in total. The molecule has 0 unspecified atom stereocenters. The first-order valence-corrected chi connectivity index (χ1v) is 7.84. The smallest absolute Gasteiger partial charge is 0.264 e. The number of hydrogen-bond donors (Lipinski definition) is 0. The molecule has 1 amide bonds. The molecule has 0 saturated carbocycles. The number of thiophene rings is 1. The van der Waals surface area contributed by atoms with Gasteiger partial charge in [0.2, 0.25) is 0 Å². The highest BCUT2D eigenvalue weighted by atomic mass is 35.5. The Labute approximate surface area is 127 Å². The predicted molar refractivity (Wildman–Crippen MR) is 83.9 cm³/mol. The van der Waals surface area contributed by atoms with E-state index in [1.54, 1.807) is 0 Å². The molecule has 0 radical (unpaired) electrons. The predicted octanol–water partition coefficient (Wildman–Crippen LogP) is 3.36. The van der Waals surface area contributed by atoms with Crippen molar-refractivity contribution in [2.24, 2.45) is 0 Å². The minimum Gasteiger partial charge on any atom is -0.367 e.